The van der Waals surface area contributed by atoms with Gasteiger partial charge >= 0.3 is 0 Å². The smallest absolute Gasteiger partial charge is 0.206 e. The summed E-state index contributed by atoms with van der Waals surface area (Å²) in [6.45, 7) is 1.82. The Morgan fingerprint density at radius 2 is 2.38 bits per heavy atom. The second-order valence-corrected chi connectivity index (χ2v) is 8.21. The van der Waals surface area contributed by atoms with Gasteiger partial charge in [-0.1, -0.05) is 29.2 Å². The molecule has 0 aliphatic carbocycles. The molecule has 3 rings (SSSR count). The van der Waals surface area contributed by atoms with Crippen molar-refractivity contribution in [2.75, 3.05) is 24.2 Å². The number of anilines is 1. The molecule has 2 aromatic heterocycles. The van der Waals surface area contributed by atoms with Crippen molar-refractivity contribution in [3.8, 4) is 0 Å². The fraction of sp³-hybridized carbons (Fsp3) is 0.571. The molecule has 2 aromatic rings. The van der Waals surface area contributed by atoms with E-state index in [-0.39, 0.29) is 0 Å². The van der Waals surface area contributed by atoms with Crippen LogP contribution >= 0.6 is 34.4 Å². The van der Waals surface area contributed by atoms with Crippen LogP contribution in [-0.4, -0.2) is 35.2 Å². The summed E-state index contributed by atoms with van der Waals surface area (Å²) in [6, 6.07) is 4.25. The molecule has 1 fully saturated rings. The van der Waals surface area contributed by atoms with Crippen LogP contribution in [0.5, 0.6) is 0 Å². The Hall–Kier alpha value is -0.630. The number of thiophene rings is 1. The van der Waals surface area contributed by atoms with Crippen LogP contribution in [0.4, 0.5) is 5.13 Å². The van der Waals surface area contributed by atoms with E-state index in [9.17, 15) is 0 Å². The SMILES string of the molecule is c1csc(CCNc2nnc(SC[C@H]3CCCCO3)s2)c1. The molecular formula is C14H19N3OS3. The first kappa shape index (κ1) is 15.3. The van der Waals surface area contributed by atoms with E-state index in [0.29, 0.717) is 6.10 Å². The van der Waals surface area contributed by atoms with Gasteiger partial charge in [-0.05, 0) is 37.1 Å². The first-order chi connectivity index (χ1) is 10.4. The van der Waals surface area contributed by atoms with Gasteiger partial charge in [-0.25, -0.2) is 0 Å². The Kier molecular flexibility index (Phi) is 5.91. The zero-order chi connectivity index (χ0) is 14.3. The Labute approximate surface area is 137 Å². The van der Waals surface area contributed by atoms with Gasteiger partial charge in [0.25, 0.3) is 0 Å². The van der Waals surface area contributed by atoms with Crippen molar-refractivity contribution in [2.45, 2.75) is 36.1 Å². The molecule has 0 unspecified atom stereocenters. The van der Waals surface area contributed by atoms with E-state index in [1.54, 1.807) is 34.4 Å². The number of aromatic nitrogens is 2. The summed E-state index contributed by atoms with van der Waals surface area (Å²) in [6.07, 6.45) is 5.10. The maximum absolute atomic E-state index is 5.73. The van der Waals surface area contributed by atoms with Gasteiger partial charge in [0.1, 0.15) is 0 Å². The highest BCUT2D eigenvalue weighted by Crippen LogP contribution is 2.28. The van der Waals surface area contributed by atoms with Crippen molar-refractivity contribution in [3.05, 3.63) is 22.4 Å². The predicted octanol–water partition coefficient (Wildman–Crippen LogP) is 3.92. The molecule has 3 heterocycles. The van der Waals surface area contributed by atoms with Gasteiger partial charge in [0.05, 0.1) is 6.10 Å². The van der Waals surface area contributed by atoms with Crippen LogP contribution in [0.25, 0.3) is 0 Å². The number of rotatable bonds is 7. The molecule has 0 bridgehead atoms. The lowest BCUT2D eigenvalue weighted by molar-refractivity contribution is 0.0315. The Morgan fingerprint density at radius 3 is 3.19 bits per heavy atom. The lowest BCUT2D eigenvalue weighted by Crippen LogP contribution is -2.21. The molecule has 4 nitrogen and oxygen atoms in total. The van der Waals surface area contributed by atoms with Gasteiger partial charge in [0.15, 0.2) is 4.34 Å². The second kappa shape index (κ2) is 8.12. The normalized spacial score (nSPS) is 18.8. The summed E-state index contributed by atoms with van der Waals surface area (Å²) in [4.78, 5) is 1.40. The van der Waals surface area contributed by atoms with Crippen molar-refractivity contribution < 1.29 is 4.74 Å². The summed E-state index contributed by atoms with van der Waals surface area (Å²) in [5.41, 5.74) is 0. The molecule has 0 amide bonds. The zero-order valence-corrected chi connectivity index (χ0v) is 14.2. The van der Waals surface area contributed by atoms with Gasteiger partial charge in [-0.2, -0.15) is 0 Å². The first-order valence-corrected chi connectivity index (χ1v) is 9.92. The molecule has 0 radical (unpaired) electrons. The monoisotopic (exact) mass is 341 g/mol. The average molecular weight is 342 g/mol. The number of nitrogens with one attached hydrogen (secondary N) is 1. The molecule has 0 aromatic carbocycles. The standard InChI is InChI=1S/C14H19N3OS3/c1-2-8-18-11(4-1)10-20-14-17-16-13(21-14)15-7-6-12-5-3-9-19-12/h3,5,9,11H,1-2,4,6-8,10H2,(H,15,16)/t11-/m1/s1. The van der Waals surface area contributed by atoms with Crippen molar-refractivity contribution in [1.29, 1.82) is 0 Å². The van der Waals surface area contributed by atoms with Gasteiger partial charge in [0, 0.05) is 23.8 Å². The van der Waals surface area contributed by atoms with E-state index < -0.39 is 0 Å². The van der Waals surface area contributed by atoms with Crippen molar-refractivity contribution >= 4 is 39.6 Å². The number of nitrogens with zero attached hydrogens (tertiary/aromatic N) is 2. The number of ether oxygens (including phenoxy) is 1. The van der Waals surface area contributed by atoms with Crippen LogP contribution < -0.4 is 5.32 Å². The summed E-state index contributed by atoms with van der Waals surface area (Å²) < 4.78 is 6.76. The fourth-order valence-corrected chi connectivity index (χ4v) is 4.77. The highest BCUT2D eigenvalue weighted by atomic mass is 32.2. The second-order valence-electron chi connectivity index (χ2n) is 4.93. The fourth-order valence-electron chi connectivity index (χ4n) is 2.19. The summed E-state index contributed by atoms with van der Waals surface area (Å²) in [7, 11) is 0. The minimum Gasteiger partial charge on any atom is -0.377 e. The van der Waals surface area contributed by atoms with Gasteiger partial charge in [-0.3, -0.25) is 0 Å². The van der Waals surface area contributed by atoms with E-state index in [1.165, 1.54) is 24.1 Å². The average Bonchev–Trinajstić information content (AvgIpc) is 3.18. The van der Waals surface area contributed by atoms with Crippen LogP contribution in [0.2, 0.25) is 0 Å². The molecule has 0 saturated carbocycles. The van der Waals surface area contributed by atoms with Crippen molar-refractivity contribution in [2.24, 2.45) is 0 Å². The van der Waals surface area contributed by atoms with E-state index in [0.717, 1.165) is 34.8 Å². The highest BCUT2D eigenvalue weighted by molar-refractivity contribution is 8.01. The Balaban J connectivity index is 1.38. The number of thioether (sulfide) groups is 1. The summed E-state index contributed by atoms with van der Waals surface area (Å²) in [5, 5.41) is 14.8. The summed E-state index contributed by atoms with van der Waals surface area (Å²) in [5.74, 6) is 0.990. The van der Waals surface area contributed by atoms with Crippen molar-refractivity contribution in [3.63, 3.8) is 0 Å². The lowest BCUT2D eigenvalue weighted by Gasteiger charge is -2.21. The number of hydrogen-bond donors (Lipinski definition) is 1. The Morgan fingerprint density at radius 1 is 1.38 bits per heavy atom. The van der Waals surface area contributed by atoms with Gasteiger partial charge < -0.3 is 10.1 Å². The summed E-state index contributed by atoms with van der Waals surface area (Å²) >= 11 is 5.19. The molecule has 1 N–H and O–H groups in total. The molecule has 1 aliphatic rings. The minimum atomic E-state index is 0.392. The van der Waals surface area contributed by atoms with Gasteiger partial charge in [0.2, 0.25) is 5.13 Å². The van der Waals surface area contributed by atoms with Crippen molar-refractivity contribution in [1.82, 2.24) is 10.2 Å². The maximum Gasteiger partial charge on any atom is 0.206 e. The minimum absolute atomic E-state index is 0.392. The van der Waals surface area contributed by atoms with Crippen LogP contribution in [0, 0.1) is 0 Å². The van der Waals surface area contributed by atoms with Crippen LogP contribution in [0.3, 0.4) is 0 Å². The predicted molar refractivity (Wildman–Crippen MR) is 90.7 cm³/mol. The van der Waals surface area contributed by atoms with E-state index in [1.807, 2.05) is 0 Å². The molecule has 1 saturated heterocycles. The Bertz CT molecular complexity index is 523. The third kappa shape index (κ3) is 4.95. The zero-order valence-electron chi connectivity index (χ0n) is 11.8. The van der Waals surface area contributed by atoms with Crippen LogP contribution in [-0.2, 0) is 11.2 Å². The number of hydrogen-bond acceptors (Lipinski definition) is 7. The third-order valence-electron chi connectivity index (χ3n) is 3.30. The molecule has 7 heteroatoms. The van der Waals surface area contributed by atoms with Crippen LogP contribution in [0.1, 0.15) is 24.1 Å². The molecule has 0 spiro atoms. The molecule has 1 aliphatic heterocycles. The first-order valence-electron chi connectivity index (χ1n) is 7.24. The third-order valence-corrected chi connectivity index (χ3v) is 6.38. The van der Waals surface area contributed by atoms with E-state index >= 15 is 0 Å². The van der Waals surface area contributed by atoms with Crippen LogP contribution in [0.15, 0.2) is 21.9 Å². The quantitative estimate of drug-likeness (QED) is 0.774. The molecular weight excluding hydrogens is 322 g/mol. The molecule has 114 valence electrons. The molecule has 1 atom stereocenters. The van der Waals surface area contributed by atoms with E-state index in [4.69, 9.17) is 4.74 Å². The van der Waals surface area contributed by atoms with E-state index in [2.05, 4.69) is 33.0 Å². The highest BCUT2D eigenvalue weighted by Gasteiger charge is 2.15. The van der Waals surface area contributed by atoms with Gasteiger partial charge in [-0.15, -0.1) is 21.5 Å². The lowest BCUT2D eigenvalue weighted by atomic mass is 10.1. The maximum atomic E-state index is 5.73. The molecule has 21 heavy (non-hydrogen) atoms. The largest absolute Gasteiger partial charge is 0.377 e. The topological polar surface area (TPSA) is 47.0 Å².